The van der Waals surface area contributed by atoms with Gasteiger partial charge in [0, 0.05) is 18.7 Å². The summed E-state index contributed by atoms with van der Waals surface area (Å²) in [6.07, 6.45) is 0. The predicted octanol–water partition coefficient (Wildman–Crippen LogP) is 0.886. The molecule has 0 fully saturated rings. The van der Waals surface area contributed by atoms with E-state index in [1.165, 1.54) is 0 Å². The molecule has 1 aromatic rings. The summed E-state index contributed by atoms with van der Waals surface area (Å²) in [6, 6.07) is 7.74. The topological polar surface area (TPSA) is 74.8 Å². The number of nitrogens with one attached hydrogen (secondary N) is 3. The van der Waals surface area contributed by atoms with Crippen molar-refractivity contribution in [2.24, 2.45) is 4.99 Å². The van der Waals surface area contributed by atoms with Crippen molar-refractivity contribution < 1.29 is 9.53 Å². The molecule has 0 heterocycles. The normalized spacial score (nSPS) is 10.9. The summed E-state index contributed by atoms with van der Waals surface area (Å²) in [5.41, 5.74) is 0.996. The third-order valence-corrected chi connectivity index (χ3v) is 2.73. The zero-order valence-electron chi connectivity index (χ0n) is 12.9. The molecule has 1 amide bonds. The predicted molar refractivity (Wildman–Crippen MR) is 84.5 cm³/mol. The maximum atomic E-state index is 11.5. The van der Waals surface area contributed by atoms with Crippen LogP contribution in [0.2, 0.25) is 0 Å². The molecular formula is C15H24N4O2. The second-order valence-electron chi connectivity index (χ2n) is 4.31. The van der Waals surface area contributed by atoms with Crippen molar-refractivity contribution in [2.45, 2.75) is 20.4 Å². The van der Waals surface area contributed by atoms with E-state index >= 15 is 0 Å². The summed E-state index contributed by atoms with van der Waals surface area (Å²) in [7, 11) is 1.64. The molecule has 1 rings (SSSR count). The van der Waals surface area contributed by atoms with Gasteiger partial charge in [-0.15, -0.1) is 0 Å². The molecule has 0 unspecified atom stereocenters. The van der Waals surface area contributed by atoms with Crippen LogP contribution in [0.4, 0.5) is 0 Å². The van der Waals surface area contributed by atoms with Crippen LogP contribution in [-0.2, 0) is 11.3 Å². The lowest BCUT2D eigenvalue weighted by Gasteiger charge is -2.12. The van der Waals surface area contributed by atoms with Gasteiger partial charge in [-0.3, -0.25) is 4.79 Å². The Hall–Kier alpha value is -2.24. The number of amides is 1. The molecule has 6 heteroatoms. The minimum absolute atomic E-state index is 0.0552. The summed E-state index contributed by atoms with van der Waals surface area (Å²) in [5, 5.41) is 8.84. The Bertz CT molecular complexity index is 474. The lowest BCUT2D eigenvalue weighted by Crippen LogP contribution is -2.43. The van der Waals surface area contributed by atoms with Crippen molar-refractivity contribution in [2.75, 3.05) is 26.7 Å². The molecule has 21 heavy (non-hydrogen) atoms. The van der Waals surface area contributed by atoms with Gasteiger partial charge in [-0.2, -0.15) is 0 Å². The average Bonchev–Trinajstić information content (AvgIpc) is 2.50. The Morgan fingerprint density at radius 3 is 2.52 bits per heavy atom. The number of hydrogen-bond acceptors (Lipinski definition) is 3. The van der Waals surface area contributed by atoms with Crippen LogP contribution < -0.4 is 20.7 Å². The number of likely N-dealkylation sites (N-methyl/N-ethyl adjacent to an activating group) is 1. The molecule has 0 atom stereocenters. The Morgan fingerprint density at radius 2 is 1.86 bits per heavy atom. The van der Waals surface area contributed by atoms with Crippen LogP contribution in [0.15, 0.2) is 29.3 Å². The molecule has 0 aliphatic heterocycles. The number of benzene rings is 1. The maximum Gasteiger partial charge on any atom is 0.239 e. The monoisotopic (exact) mass is 292 g/mol. The number of rotatable bonds is 7. The van der Waals surface area contributed by atoms with Crippen molar-refractivity contribution in [3.8, 4) is 5.75 Å². The van der Waals surface area contributed by atoms with Gasteiger partial charge in [0.05, 0.1) is 20.2 Å². The lowest BCUT2D eigenvalue weighted by molar-refractivity contribution is -0.119. The van der Waals surface area contributed by atoms with Crippen molar-refractivity contribution in [1.82, 2.24) is 16.0 Å². The number of methoxy groups -OCH3 is 1. The van der Waals surface area contributed by atoms with Gasteiger partial charge < -0.3 is 20.7 Å². The van der Waals surface area contributed by atoms with E-state index < -0.39 is 0 Å². The molecule has 0 bridgehead atoms. The van der Waals surface area contributed by atoms with E-state index in [2.05, 4.69) is 20.9 Å². The second-order valence-corrected chi connectivity index (χ2v) is 4.31. The molecule has 3 N–H and O–H groups in total. The highest BCUT2D eigenvalue weighted by Crippen LogP contribution is 2.17. The highest BCUT2D eigenvalue weighted by Gasteiger charge is 2.04. The van der Waals surface area contributed by atoms with Crippen LogP contribution in [0.1, 0.15) is 19.4 Å². The van der Waals surface area contributed by atoms with Crippen LogP contribution in [0, 0.1) is 0 Å². The van der Waals surface area contributed by atoms with Gasteiger partial charge in [0.15, 0.2) is 5.96 Å². The first-order valence-corrected chi connectivity index (χ1v) is 7.12. The van der Waals surface area contributed by atoms with Crippen molar-refractivity contribution in [3.05, 3.63) is 29.8 Å². The minimum atomic E-state index is -0.0552. The first kappa shape index (κ1) is 16.8. The number of nitrogens with zero attached hydrogens (tertiary/aromatic N) is 1. The molecule has 0 aliphatic carbocycles. The van der Waals surface area contributed by atoms with Gasteiger partial charge in [0.25, 0.3) is 0 Å². The van der Waals surface area contributed by atoms with Crippen molar-refractivity contribution in [3.63, 3.8) is 0 Å². The highest BCUT2D eigenvalue weighted by molar-refractivity contribution is 5.86. The van der Waals surface area contributed by atoms with E-state index in [-0.39, 0.29) is 12.5 Å². The summed E-state index contributed by atoms with van der Waals surface area (Å²) >= 11 is 0. The number of para-hydroxylation sites is 1. The number of ether oxygens (including phenoxy) is 1. The van der Waals surface area contributed by atoms with E-state index in [0.29, 0.717) is 19.0 Å². The summed E-state index contributed by atoms with van der Waals surface area (Å²) in [5.74, 6) is 1.36. The Balaban J connectivity index is 2.64. The zero-order valence-corrected chi connectivity index (χ0v) is 12.9. The van der Waals surface area contributed by atoms with Crippen LogP contribution in [0.5, 0.6) is 5.75 Å². The maximum absolute atomic E-state index is 11.5. The van der Waals surface area contributed by atoms with Gasteiger partial charge in [-0.25, -0.2) is 4.99 Å². The fourth-order valence-electron chi connectivity index (χ4n) is 1.76. The first-order valence-electron chi connectivity index (χ1n) is 7.12. The summed E-state index contributed by atoms with van der Waals surface area (Å²) in [6.45, 7) is 5.90. The van der Waals surface area contributed by atoms with E-state index in [1.807, 2.05) is 38.1 Å². The third-order valence-electron chi connectivity index (χ3n) is 2.73. The smallest absolute Gasteiger partial charge is 0.239 e. The molecule has 116 valence electrons. The van der Waals surface area contributed by atoms with Gasteiger partial charge >= 0.3 is 0 Å². The molecular weight excluding hydrogens is 268 g/mol. The molecule has 1 aromatic carbocycles. The number of carbonyl (C=O) groups is 1. The number of carbonyl (C=O) groups excluding carboxylic acids is 1. The van der Waals surface area contributed by atoms with E-state index in [1.54, 1.807) is 7.11 Å². The molecule has 0 aromatic heterocycles. The number of hydrogen-bond donors (Lipinski definition) is 3. The van der Waals surface area contributed by atoms with E-state index in [4.69, 9.17) is 4.74 Å². The largest absolute Gasteiger partial charge is 0.496 e. The molecule has 0 saturated carbocycles. The fourth-order valence-corrected chi connectivity index (χ4v) is 1.76. The summed E-state index contributed by atoms with van der Waals surface area (Å²) in [4.78, 5) is 15.9. The van der Waals surface area contributed by atoms with Crippen molar-refractivity contribution in [1.29, 1.82) is 0 Å². The first-order chi connectivity index (χ1) is 10.2. The van der Waals surface area contributed by atoms with Gasteiger partial charge in [0.2, 0.25) is 5.91 Å². The molecule has 0 spiro atoms. The SMILES string of the molecule is CCNC(=O)CNC(=NCc1ccccc1OC)NCC. The van der Waals surface area contributed by atoms with Crippen LogP contribution in [0.3, 0.4) is 0 Å². The lowest BCUT2D eigenvalue weighted by atomic mass is 10.2. The molecule has 0 saturated heterocycles. The Labute approximate surface area is 126 Å². The van der Waals surface area contributed by atoms with Gasteiger partial charge in [-0.05, 0) is 19.9 Å². The molecule has 0 aliphatic rings. The van der Waals surface area contributed by atoms with Crippen LogP contribution in [-0.4, -0.2) is 38.6 Å². The minimum Gasteiger partial charge on any atom is -0.496 e. The highest BCUT2D eigenvalue weighted by atomic mass is 16.5. The average molecular weight is 292 g/mol. The van der Waals surface area contributed by atoms with E-state index in [0.717, 1.165) is 17.9 Å². The third kappa shape index (κ3) is 6.16. The fraction of sp³-hybridized carbons (Fsp3) is 0.467. The molecule has 0 radical (unpaired) electrons. The second kappa shape index (κ2) is 9.63. The van der Waals surface area contributed by atoms with Crippen LogP contribution >= 0.6 is 0 Å². The van der Waals surface area contributed by atoms with Crippen LogP contribution in [0.25, 0.3) is 0 Å². The molecule has 6 nitrogen and oxygen atoms in total. The number of guanidine groups is 1. The quantitative estimate of drug-likeness (QED) is 0.515. The van der Waals surface area contributed by atoms with E-state index in [9.17, 15) is 4.79 Å². The van der Waals surface area contributed by atoms with Gasteiger partial charge in [-0.1, -0.05) is 18.2 Å². The standard InChI is InChI=1S/C15H24N4O2/c1-4-16-14(20)11-19-15(17-5-2)18-10-12-8-6-7-9-13(12)21-3/h6-9H,4-5,10-11H2,1-3H3,(H,16,20)(H2,17,18,19). The Kier molecular flexibility index (Phi) is 7.71. The number of aliphatic imine (C=N–C) groups is 1. The Morgan fingerprint density at radius 1 is 1.14 bits per heavy atom. The van der Waals surface area contributed by atoms with Gasteiger partial charge in [0.1, 0.15) is 5.75 Å². The zero-order chi connectivity index (χ0) is 15.5. The van der Waals surface area contributed by atoms with Crippen molar-refractivity contribution >= 4 is 11.9 Å². The summed E-state index contributed by atoms with van der Waals surface area (Å²) < 4.78 is 5.29.